The van der Waals surface area contributed by atoms with Crippen LogP contribution in [0, 0.1) is 13.8 Å². The highest BCUT2D eigenvalue weighted by Crippen LogP contribution is 2.34. The first-order chi connectivity index (χ1) is 11.6. The van der Waals surface area contributed by atoms with Crippen LogP contribution in [0.4, 0.5) is 0 Å². The fraction of sp³-hybridized carbons (Fsp3) is 0.389. The minimum absolute atomic E-state index is 0.0917. The molecule has 124 valence electrons. The zero-order valence-electron chi connectivity index (χ0n) is 13.9. The van der Waals surface area contributed by atoms with Crippen molar-refractivity contribution in [3.8, 4) is 0 Å². The third kappa shape index (κ3) is 2.76. The molecule has 5 nitrogen and oxygen atoms in total. The highest BCUT2D eigenvalue weighted by molar-refractivity contribution is 7.16. The lowest BCUT2D eigenvalue weighted by molar-refractivity contribution is 0.245. The zero-order valence-corrected chi connectivity index (χ0v) is 14.7. The Bertz CT molecular complexity index is 946. The van der Waals surface area contributed by atoms with Gasteiger partial charge in [-0.1, -0.05) is 35.6 Å². The molecule has 3 heterocycles. The van der Waals surface area contributed by atoms with Gasteiger partial charge in [-0.2, -0.15) is 9.61 Å². The van der Waals surface area contributed by atoms with Crippen LogP contribution >= 0.6 is 11.3 Å². The Morgan fingerprint density at radius 2 is 2.12 bits per heavy atom. The summed E-state index contributed by atoms with van der Waals surface area (Å²) in [6.07, 6.45) is 2.34. The summed E-state index contributed by atoms with van der Waals surface area (Å²) in [5.41, 5.74) is 3.47. The lowest BCUT2D eigenvalue weighted by atomic mass is 9.99. The number of benzene rings is 1. The lowest BCUT2D eigenvalue weighted by Gasteiger charge is -2.25. The van der Waals surface area contributed by atoms with Gasteiger partial charge in [-0.25, -0.2) is 4.98 Å². The van der Waals surface area contributed by atoms with Gasteiger partial charge < -0.3 is 0 Å². The number of aromatic nitrogens is 3. The summed E-state index contributed by atoms with van der Waals surface area (Å²) in [4.78, 5) is 20.0. The number of hydrogen-bond acceptors (Lipinski definition) is 5. The number of rotatable bonds is 3. The molecule has 0 radical (unpaired) electrons. The van der Waals surface area contributed by atoms with Crippen molar-refractivity contribution in [2.75, 3.05) is 6.54 Å². The first-order valence-corrected chi connectivity index (χ1v) is 9.09. The van der Waals surface area contributed by atoms with Gasteiger partial charge in [0.25, 0.3) is 5.56 Å². The van der Waals surface area contributed by atoms with Crippen LogP contribution in [0.2, 0.25) is 0 Å². The van der Waals surface area contributed by atoms with Gasteiger partial charge in [0.2, 0.25) is 4.96 Å². The first kappa shape index (κ1) is 15.5. The molecule has 0 N–H and O–H groups in total. The quantitative estimate of drug-likeness (QED) is 0.735. The van der Waals surface area contributed by atoms with Crippen molar-refractivity contribution in [3.05, 3.63) is 62.5 Å². The second-order valence-corrected chi connectivity index (χ2v) is 7.55. The van der Waals surface area contributed by atoms with Gasteiger partial charge in [0, 0.05) is 18.7 Å². The second kappa shape index (κ2) is 6.11. The average molecular weight is 340 g/mol. The molecule has 1 atom stereocenters. The summed E-state index contributed by atoms with van der Waals surface area (Å²) in [5, 5.41) is 5.06. The van der Waals surface area contributed by atoms with Crippen molar-refractivity contribution in [2.45, 2.75) is 39.3 Å². The van der Waals surface area contributed by atoms with Crippen LogP contribution < -0.4 is 5.56 Å². The van der Waals surface area contributed by atoms with Crippen molar-refractivity contribution in [2.24, 2.45) is 0 Å². The van der Waals surface area contributed by atoms with E-state index in [1.54, 1.807) is 6.07 Å². The fourth-order valence-corrected chi connectivity index (χ4v) is 4.34. The Hall–Kier alpha value is -2.05. The highest BCUT2D eigenvalue weighted by Gasteiger charge is 2.27. The van der Waals surface area contributed by atoms with E-state index in [4.69, 9.17) is 0 Å². The molecule has 2 aromatic heterocycles. The molecule has 1 aliphatic rings. The van der Waals surface area contributed by atoms with Crippen molar-refractivity contribution in [1.29, 1.82) is 0 Å². The summed E-state index contributed by atoms with van der Waals surface area (Å²) in [6, 6.07) is 10.6. The third-order valence-electron chi connectivity index (χ3n) is 4.68. The number of aryl methyl sites for hydroxylation is 2. The van der Waals surface area contributed by atoms with Crippen molar-refractivity contribution in [3.63, 3.8) is 0 Å². The van der Waals surface area contributed by atoms with Gasteiger partial charge in [-0.3, -0.25) is 9.69 Å². The summed E-state index contributed by atoms with van der Waals surface area (Å²) in [5.74, 6) is 0. The number of likely N-dealkylation sites (tertiary alicyclic amines) is 1. The Morgan fingerprint density at radius 1 is 1.29 bits per heavy atom. The van der Waals surface area contributed by atoms with E-state index in [0.717, 1.165) is 23.7 Å². The van der Waals surface area contributed by atoms with Crippen LogP contribution in [0.3, 0.4) is 0 Å². The van der Waals surface area contributed by atoms with Gasteiger partial charge in [0.05, 0.1) is 5.69 Å². The summed E-state index contributed by atoms with van der Waals surface area (Å²) in [7, 11) is 0. The van der Waals surface area contributed by atoms with Gasteiger partial charge in [0.1, 0.15) is 5.01 Å². The third-order valence-corrected chi connectivity index (χ3v) is 5.50. The van der Waals surface area contributed by atoms with E-state index in [9.17, 15) is 4.79 Å². The lowest BCUT2D eigenvalue weighted by Crippen LogP contribution is -2.25. The van der Waals surface area contributed by atoms with E-state index in [1.807, 2.05) is 6.92 Å². The normalized spacial score (nSPS) is 18.5. The maximum Gasteiger partial charge on any atom is 0.275 e. The van der Waals surface area contributed by atoms with Gasteiger partial charge in [-0.15, -0.1) is 0 Å². The van der Waals surface area contributed by atoms with Gasteiger partial charge in [-0.05, 0) is 44.4 Å². The summed E-state index contributed by atoms with van der Waals surface area (Å²) < 4.78 is 1.40. The van der Waals surface area contributed by atoms with Gasteiger partial charge >= 0.3 is 0 Å². The summed E-state index contributed by atoms with van der Waals surface area (Å²) >= 11 is 1.46. The zero-order chi connectivity index (χ0) is 16.7. The predicted octanol–water partition coefficient (Wildman–Crippen LogP) is 3.10. The van der Waals surface area contributed by atoms with Crippen molar-refractivity contribution in [1.82, 2.24) is 19.5 Å². The molecule has 0 unspecified atom stereocenters. The molecule has 0 aliphatic carbocycles. The van der Waals surface area contributed by atoms with E-state index in [1.165, 1.54) is 33.4 Å². The first-order valence-electron chi connectivity index (χ1n) is 8.28. The van der Waals surface area contributed by atoms with Crippen molar-refractivity contribution >= 4 is 16.3 Å². The largest absolute Gasteiger partial charge is 0.290 e. The molecule has 6 heteroatoms. The average Bonchev–Trinajstić information content (AvgIpc) is 3.14. The Morgan fingerprint density at radius 3 is 2.96 bits per heavy atom. The molecule has 1 aromatic carbocycles. The van der Waals surface area contributed by atoms with E-state index < -0.39 is 0 Å². The molecule has 0 amide bonds. The minimum atomic E-state index is -0.0917. The molecule has 24 heavy (non-hydrogen) atoms. The van der Waals surface area contributed by atoms with Crippen LogP contribution in [0.5, 0.6) is 0 Å². The highest BCUT2D eigenvalue weighted by atomic mass is 32.1. The molecule has 1 aliphatic heterocycles. The molecular weight excluding hydrogens is 320 g/mol. The second-order valence-electron chi connectivity index (χ2n) is 6.39. The molecule has 0 bridgehead atoms. The molecule has 1 fully saturated rings. The number of hydrogen-bond donors (Lipinski definition) is 0. The Balaban J connectivity index is 1.65. The Kier molecular flexibility index (Phi) is 3.94. The standard InChI is InChI=1S/C18H20N4OS/c1-12-6-3-4-7-15(12)16-8-5-9-21(16)11-14-10-17(23)22-18(19-14)24-13(2)20-22/h3-4,6-7,10,16H,5,8-9,11H2,1-2H3/t16-/m1/s1. The maximum atomic E-state index is 12.2. The minimum Gasteiger partial charge on any atom is -0.290 e. The van der Waals surface area contributed by atoms with Crippen LogP contribution in [0.25, 0.3) is 4.96 Å². The molecule has 1 saturated heterocycles. The van der Waals surface area contributed by atoms with Crippen LogP contribution in [-0.2, 0) is 6.54 Å². The summed E-state index contributed by atoms with van der Waals surface area (Å²) in [6.45, 7) is 5.82. The molecule has 0 spiro atoms. The molecular formula is C18H20N4OS. The smallest absolute Gasteiger partial charge is 0.275 e. The van der Waals surface area contributed by atoms with E-state index in [0.29, 0.717) is 17.5 Å². The van der Waals surface area contributed by atoms with Gasteiger partial charge in [0.15, 0.2) is 0 Å². The van der Waals surface area contributed by atoms with Crippen LogP contribution in [-0.4, -0.2) is 26.0 Å². The Labute approximate surface area is 144 Å². The monoisotopic (exact) mass is 340 g/mol. The van der Waals surface area contributed by atoms with Crippen LogP contribution in [0.15, 0.2) is 35.1 Å². The van der Waals surface area contributed by atoms with E-state index in [2.05, 4.69) is 46.2 Å². The molecule has 3 aromatic rings. The maximum absolute atomic E-state index is 12.2. The topological polar surface area (TPSA) is 50.5 Å². The SMILES string of the molecule is Cc1nn2c(=O)cc(CN3CCC[C@@H]3c3ccccc3C)nc2s1. The fourth-order valence-electron chi connectivity index (χ4n) is 3.57. The van der Waals surface area contributed by atoms with E-state index in [-0.39, 0.29) is 5.56 Å². The molecule has 4 rings (SSSR count). The number of nitrogens with zero attached hydrogens (tertiary/aromatic N) is 4. The predicted molar refractivity (Wildman–Crippen MR) is 95.4 cm³/mol. The van der Waals surface area contributed by atoms with Crippen LogP contribution in [0.1, 0.15) is 40.7 Å². The van der Waals surface area contributed by atoms with E-state index >= 15 is 0 Å². The van der Waals surface area contributed by atoms with Crippen molar-refractivity contribution < 1.29 is 0 Å². The molecule has 0 saturated carbocycles. The number of fused-ring (bicyclic) bond motifs is 1.